The molecule has 1 aromatic heterocycles. The van der Waals surface area contributed by atoms with Gasteiger partial charge in [0.05, 0.1) is 17.5 Å². The van der Waals surface area contributed by atoms with Crippen LogP contribution in [0.1, 0.15) is 26.7 Å². The van der Waals surface area contributed by atoms with Gasteiger partial charge in [0, 0.05) is 30.3 Å². The SMILES string of the molecule is CNC(=O)CC(C)(C)C[C@H](O)CSc1nc(-c2ccccc2)c(-c2ccccc2)[nH]1. The Labute approximate surface area is 182 Å². The summed E-state index contributed by atoms with van der Waals surface area (Å²) in [4.78, 5) is 19.9. The van der Waals surface area contributed by atoms with Crippen molar-refractivity contribution in [2.75, 3.05) is 12.8 Å². The minimum absolute atomic E-state index is 0.00843. The summed E-state index contributed by atoms with van der Waals surface area (Å²) in [5.74, 6) is 0.499. The monoisotopic (exact) mass is 423 g/mol. The number of amides is 1. The van der Waals surface area contributed by atoms with Gasteiger partial charge < -0.3 is 15.4 Å². The van der Waals surface area contributed by atoms with Gasteiger partial charge in [-0.1, -0.05) is 86.3 Å². The van der Waals surface area contributed by atoms with Crippen LogP contribution in [-0.4, -0.2) is 39.9 Å². The van der Waals surface area contributed by atoms with Gasteiger partial charge in [0.25, 0.3) is 0 Å². The molecule has 0 spiro atoms. The molecule has 0 aliphatic carbocycles. The molecule has 0 unspecified atom stereocenters. The second-order valence-electron chi connectivity index (χ2n) is 8.18. The second-order valence-corrected chi connectivity index (χ2v) is 9.19. The summed E-state index contributed by atoms with van der Waals surface area (Å²) in [7, 11) is 1.64. The molecule has 0 fully saturated rings. The Morgan fingerprint density at radius 3 is 2.30 bits per heavy atom. The van der Waals surface area contributed by atoms with E-state index in [4.69, 9.17) is 4.98 Å². The maximum Gasteiger partial charge on any atom is 0.220 e. The molecule has 1 atom stereocenters. The van der Waals surface area contributed by atoms with Crippen molar-refractivity contribution in [1.82, 2.24) is 15.3 Å². The van der Waals surface area contributed by atoms with Crippen LogP contribution in [0.15, 0.2) is 65.8 Å². The van der Waals surface area contributed by atoms with Gasteiger partial charge >= 0.3 is 0 Å². The van der Waals surface area contributed by atoms with Crippen LogP contribution >= 0.6 is 11.8 Å². The molecular weight excluding hydrogens is 394 g/mol. The lowest BCUT2D eigenvalue weighted by Gasteiger charge is -2.26. The molecule has 2 aromatic carbocycles. The van der Waals surface area contributed by atoms with E-state index >= 15 is 0 Å². The number of nitrogens with zero attached hydrogens (tertiary/aromatic N) is 1. The zero-order chi connectivity index (χ0) is 21.6. The number of hydrogen-bond donors (Lipinski definition) is 3. The lowest BCUT2D eigenvalue weighted by atomic mass is 9.83. The Kier molecular flexibility index (Phi) is 7.34. The molecule has 5 nitrogen and oxygen atoms in total. The summed E-state index contributed by atoms with van der Waals surface area (Å²) in [6, 6.07) is 20.2. The largest absolute Gasteiger partial charge is 0.392 e. The molecule has 3 aromatic rings. The number of imidazole rings is 1. The van der Waals surface area contributed by atoms with E-state index in [0.717, 1.165) is 27.7 Å². The van der Waals surface area contributed by atoms with Crippen LogP contribution in [0, 0.1) is 5.41 Å². The third-order valence-corrected chi connectivity index (χ3v) is 5.93. The number of nitrogens with one attached hydrogen (secondary N) is 2. The van der Waals surface area contributed by atoms with E-state index in [9.17, 15) is 9.90 Å². The van der Waals surface area contributed by atoms with E-state index in [0.29, 0.717) is 18.6 Å². The van der Waals surface area contributed by atoms with Crippen LogP contribution in [-0.2, 0) is 4.79 Å². The molecule has 0 radical (unpaired) electrons. The highest BCUT2D eigenvalue weighted by Gasteiger charge is 2.25. The maximum atomic E-state index is 11.7. The van der Waals surface area contributed by atoms with Crippen molar-refractivity contribution in [3.05, 3.63) is 60.7 Å². The standard InChI is InChI=1S/C24H29N3O2S/c1-24(2,15-20(29)25-3)14-19(28)16-30-23-26-21(17-10-6-4-7-11-17)22(27-23)18-12-8-5-9-13-18/h4-13,19,28H,14-16H2,1-3H3,(H,25,29)(H,26,27)/t19-/m0/s1. The van der Waals surface area contributed by atoms with E-state index < -0.39 is 6.10 Å². The number of hydrogen-bond acceptors (Lipinski definition) is 4. The van der Waals surface area contributed by atoms with Crippen molar-refractivity contribution < 1.29 is 9.90 Å². The molecule has 6 heteroatoms. The lowest BCUT2D eigenvalue weighted by molar-refractivity contribution is -0.122. The Balaban J connectivity index is 1.74. The zero-order valence-electron chi connectivity index (χ0n) is 17.7. The van der Waals surface area contributed by atoms with Crippen LogP contribution in [0.5, 0.6) is 0 Å². The topological polar surface area (TPSA) is 78.0 Å². The first-order valence-electron chi connectivity index (χ1n) is 10.1. The molecule has 1 heterocycles. The highest BCUT2D eigenvalue weighted by Crippen LogP contribution is 2.34. The normalized spacial score (nSPS) is 12.5. The number of carbonyl (C=O) groups excluding carboxylic acids is 1. The van der Waals surface area contributed by atoms with Gasteiger partial charge in [0.15, 0.2) is 5.16 Å². The van der Waals surface area contributed by atoms with Crippen molar-refractivity contribution in [2.24, 2.45) is 5.41 Å². The molecule has 0 aliphatic rings. The van der Waals surface area contributed by atoms with Crippen molar-refractivity contribution in [3.63, 3.8) is 0 Å². The minimum Gasteiger partial charge on any atom is -0.392 e. The van der Waals surface area contributed by atoms with Crippen molar-refractivity contribution in [2.45, 2.75) is 37.9 Å². The Morgan fingerprint density at radius 1 is 1.10 bits per heavy atom. The average Bonchev–Trinajstić information content (AvgIpc) is 3.17. The van der Waals surface area contributed by atoms with Crippen LogP contribution in [0.4, 0.5) is 0 Å². The first kappa shape index (κ1) is 22.1. The fourth-order valence-electron chi connectivity index (χ4n) is 3.51. The highest BCUT2D eigenvalue weighted by atomic mass is 32.2. The fourth-order valence-corrected chi connectivity index (χ4v) is 4.30. The number of aromatic nitrogens is 2. The zero-order valence-corrected chi connectivity index (χ0v) is 18.5. The molecule has 0 aliphatic heterocycles. The summed E-state index contributed by atoms with van der Waals surface area (Å²) in [5.41, 5.74) is 3.72. The highest BCUT2D eigenvalue weighted by molar-refractivity contribution is 7.99. The molecule has 0 saturated heterocycles. The number of thioether (sulfide) groups is 1. The average molecular weight is 424 g/mol. The smallest absolute Gasteiger partial charge is 0.220 e. The predicted octanol–water partition coefficient (Wildman–Crippen LogP) is 4.75. The molecule has 30 heavy (non-hydrogen) atoms. The number of carbonyl (C=O) groups is 1. The summed E-state index contributed by atoms with van der Waals surface area (Å²) in [5, 5.41) is 14.0. The number of H-pyrrole nitrogens is 1. The Morgan fingerprint density at radius 2 is 1.70 bits per heavy atom. The fraction of sp³-hybridized carbons (Fsp3) is 0.333. The molecule has 0 saturated carbocycles. The lowest BCUT2D eigenvalue weighted by Crippen LogP contribution is -2.29. The van der Waals surface area contributed by atoms with Crippen LogP contribution in [0.3, 0.4) is 0 Å². The molecule has 1 amide bonds. The maximum absolute atomic E-state index is 11.7. The van der Waals surface area contributed by atoms with E-state index in [1.54, 1.807) is 7.05 Å². The van der Waals surface area contributed by atoms with Gasteiger partial charge in [-0.25, -0.2) is 4.98 Å². The first-order valence-corrected chi connectivity index (χ1v) is 11.1. The number of aromatic amines is 1. The summed E-state index contributed by atoms with van der Waals surface area (Å²) in [6.45, 7) is 4.01. The van der Waals surface area contributed by atoms with Gasteiger partial charge in [-0.2, -0.15) is 0 Å². The molecule has 3 rings (SSSR count). The number of rotatable bonds is 9. The molecular formula is C24H29N3O2S. The van der Waals surface area contributed by atoms with Gasteiger partial charge in [-0.05, 0) is 11.8 Å². The first-order chi connectivity index (χ1) is 14.4. The Hall–Kier alpha value is -2.57. The molecule has 3 N–H and O–H groups in total. The summed E-state index contributed by atoms with van der Waals surface area (Å²) >= 11 is 1.50. The van der Waals surface area contributed by atoms with Gasteiger partial charge in [-0.3, -0.25) is 4.79 Å². The quantitative estimate of drug-likeness (QED) is 0.434. The Bertz CT molecular complexity index is 898. The number of aliphatic hydroxyl groups excluding tert-OH is 1. The minimum atomic E-state index is -0.528. The molecule has 0 bridgehead atoms. The van der Waals surface area contributed by atoms with Gasteiger partial charge in [0.1, 0.15) is 0 Å². The van der Waals surface area contributed by atoms with Crippen molar-refractivity contribution in [1.29, 1.82) is 0 Å². The summed E-state index contributed by atoms with van der Waals surface area (Å²) in [6.07, 6.45) is 0.410. The van der Waals surface area contributed by atoms with Gasteiger partial charge in [-0.15, -0.1) is 0 Å². The molecule has 158 valence electrons. The van der Waals surface area contributed by atoms with Crippen LogP contribution in [0.2, 0.25) is 0 Å². The van der Waals surface area contributed by atoms with Crippen LogP contribution in [0.25, 0.3) is 22.5 Å². The third kappa shape index (κ3) is 5.97. The van der Waals surface area contributed by atoms with Crippen molar-refractivity contribution >= 4 is 17.7 Å². The van der Waals surface area contributed by atoms with E-state index in [2.05, 4.69) is 22.4 Å². The third-order valence-electron chi connectivity index (χ3n) is 4.91. The van der Waals surface area contributed by atoms with E-state index in [1.807, 2.05) is 62.4 Å². The number of benzene rings is 2. The summed E-state index contributed by atoms with van der Waals surface area (Å²) < 4.78 is 0. The van der Waals surface area contributed by atoms with Crippen LogP contribution < -0.4 is 5.32 Å². The predicted molar refractivity (Wildman–Crippen MR) is 123 cm³/mol. The van der Waals surface area contributed by atoms with E-state index in [1.165, 1.54) is 11.8 Å². The van der Waals surface area contributed by atoms with E-state index in [-0.39, 0.29) is 11.3 Å². The second kappa shape index (κ2) is 9.96. The number of aliphatic hydroxyl groups is 1. The van der Waals surface area contributed by atoms with Gasteiger partial charge in [0.2, 0.25) is 5.91 Å². The van der Waals surface area contributed by atoms with Crippen molar-refractivity contribution in [3.8, 4) is 22.5 Å².